The first kappa shape index (κ1) is 27.6. The normalized spacial score (nSPS) is 11.2. The summed E-state index contributed by atoms with van der Waals surface area (Å²) >= 11 is 12.5. The molecule has 36 heavy (non-hydrogen) atoms. The van der Waals surface area contributed by atoms with E-state index in [2.05, 4.69) is 4.72 Å². The molecule has 3 aromatic rings. The fraction of sp³-hybridized carbons (Fsp3) is 0.240. The molecule has 0 fully saturated rings. The van der Waals surface area contributed by atoms with Gasteiger partial charge in [0.1, 0.15) is 10.6 Å². The maximum absolute atomic E-state index is 13.0. The first-order valence-electron chi connectivity index (χ1n) is 10.7. The quantitative estimate of drug-likeness (QED) is 0.396. The summed E-state index contributed by atoms with van der Waals surface area (Å²) < 4.78 is 44.0. The first-order valence-corrected chi connectivity index (χ1v) is 12.9. The van der Waals surface area contributed by atoms with Crippen LogP contribution in [0.4, 0.5) is 5.69 Å². The number of nitrogens with zero attached hydrogens (tertiary/aromatic N) is 1. The van der Waals surface area contributed by atoms with E-state index in [0.29, 0.717) is 27.9 Å². The minimum Gasteiger partial charge on any atom is -0.495 e. The molecule has 0 aliphatic heterocycles. The molecule has 0 aliphatic rings. The Morgan fingerprint density at radius 2 is 1.53 bits per heavy atom. The van der Waals surface area contributed by atoms with E-state index in [9.17, 15) is 13.2 Å². The van der Waals surface area contributed by atoms with E-state index in [4.69, 9.17) is 37.4 Å². The Bertz CT molecular complexity index is 1360. The number of hydrogen-bond acceptors (Lipinski definition) is 6. The number of benzene rings is 3. The number of hydrogen-bond donors (Lipinski definition) is 1. The van der Waals surface area contributed by atoms with Crippen LogP contribution in [0.5, 0.6) is 17.2 Å². The topological polar surface area (TPSA) is 94.2 Å². The van der Waals surface area contributed by atoms with Crippen LogP contribution < -0.4 is 23.8 Å². The summed E-state index contributed by atoms with van der Waals surface area (Å²) in [5.74, 6) is 0.0619. The van der Waals surface area contributed by atoms with Gasteiger partial charge in [0.25, 0.3) is 0 Å². The molecule has 0 aromatic heterocycles. The number of likely N-dealkylation sites (N-methyl/N-ethyl adjacent to an activating group) is 1. The third-order valence-corrected chi connectivity index (χ3v) is 7.51. The molecule has 3 aromatic carbocycles. The standard InChI is InChI=1S/C25H26Cl2N2O6S/c1-29(20-10-9-18(26)12-17(20)11-16-7-5-6-8-19(16)27)25(30)15-28-36(31,32)24-14-22(34-3)21(33-2)13-23(24)35-4/h5-10,12-14,28H,11,15H2,1-4H3. The molecule has 0 unspecified atom stereocenters. The number of carbonyl (C=O) groups is 1. The fourth-order valence-electron chi connectivity index (χ4n) is 3.57. The zero-order chi connectivity index (χ0) is 26.5. The summed E-state index contributed by atoms with van der Waals surface area (Å²) in [7, 11) is 1.57. The highest BCUT2D eigenvalue weighted by Crippen LogP contribution is 2.37. The molecule has 0 bridgehead atoms. The van der Waals surface area contributed by atoms with Gasteiger partial charge in [-0.05, 0) is 35.4 Å². The summed E-state index contributed by atoms with van der Waals surface area (Å²) in [6, 6.07) is 15.2. The molecule has 1 N–H and O–H groups in total. The van der Waals surface area contributed by atoms with Gasteiger partial charge in [0.05, 0.1) is 27.9 Å². The molecule has 192 valence electrons. The van der Waals surface area contributed by atoms with Gasteiger partial charge >= 0.3 is 0 Å². The van der Waals surface area contributed by atoms with Crippen LogP contribution in [0.15, 0.2) is 59.5 Å². The van der Waals surface area contributed by atoms with Gasteiger partial charge < -0.3 is 19.1 Å². The smallest absolute Gasteiger partial charge is 0.244 e. The lowest BCUT2D eigenvalue weighted by molar-refractivity contribution is -0.117. The molecule has 11 heteroatoms. The Labute approximate surface area is 220 Å². The van der Waals surface area contributed by atoms with E-state index in [1.54, 1.807) is 31.3 Å². The number of rotatable bonds is 10. The van der Waals surface area contributed by atoms with Crippen molar-refractivity contribution in [1.29, 1.82) is 0 Å². The maximum atomic E-state index is 13.0. The monoisotopic (exact) mass is 552 g/mol. The number of amides is 1. The lowest BCUT2D eigenvalue weighted by Gasteiger charge is -2.22. The van der Waals surface area contributed by atoms with E-state index in [1.807, 2.05) is 18.2 Å². The van der Waals surface area contributed by atoms with Crippen molar-refractivity contribution in [2.24, 2.45) is 0 Å². The molecular weight excluding hydrogens is 527 g/mol. The van der Waals surface area contributed by atoms with Crippen molar-refractivity contribution in [2.45, 2.75) is 11.3 Å². The van der Waals surface area contributed by atoms with Crippen molar-refractivity contribution >= 4 is 44.8 Å². The molecule has 0 saturated heterocycles. The van der Waals surface area contributed by atoms with E-state index < -0.39 is 22.5 Å². The van der Waals surface area contributed by atoms with Crippen LogP contribution in [-0.2, 0) is 21.2 Å². The molecule has 3 rings (SSSR count). The van der Waals surface area contributed by atoms with E-state index in [0.717, 1.165) is 11.1 Å². The minimum atomic E-state index is -4.14. The summed E-state index contributed by atoms with van der Waals surface area (Å²) in [6.45, 7) is -0.496. The highest BCUT2D eigenvalue weighted by Gasteiger charge is 2.25. The molecule has 0 aliphatic carbocycles. The average Bonchev–Trinajstić information content (AvgIpc) is 2.87. The average molecular weight is 553 g/mol. The zero-order valence-corrected chi connectivity index (χ0v) is 22.5. The van der Waals surface area contributed by atoms with Gasteiger partial charge in [-0.15, -0.1) is 0 Å². The Balaban J connectivity index is 1.83. The second-order valence-electron chi connectivity index (χ2n) is 7.68. The van der Waals surface area contributed by atoms with Crippen LogP contribution in [0.3, 0.4) is 0 Å². The van der Waals surface area contributed by atoms with Crippen molar-refractivity contribution in [1.82, 2.24) is 4.72 Å². The van der Waals surface area contributed by atoms with Gasteiger partial charge in [-0.2, -0.15) is 0 Å². The highest BCUT2D eigenvalue weighted by atomic mass is 35.5. The lowest BCUT2D eigenvalue weighted by atomic mass is 10.0. The summed E-state index contributed by atoms with van der Waals surface area (Å²) in [4.78, 5) is 14.2. The summed E-state index contributed by atoms with van der Waals surface area (Å²) in [5, 5.41) is 1.09. The van der Waals surface area contributed by atoms with Crippen LogP contribution >= 0.6 is 23.2 Å². The maximum Gasteiger partial charge on any atom is 0.244 e. The highest BCUT2D eigenvalue weighted by molar-refractivity contribution is 7.89. The van der Waals surface area contributed by atoms with Gasteiger partial charge in [-0.25, -0.2) is 13.1 Å². The van der Waals surface area contributed by atoms with E-state index >= 15 is 0 Å². The van der Waals surface area contributed by atoms with Crippen LogP contribution in [-0.4, -0.2) is 49.2 Å². The Hall–Kier alpha value is -2.98. The van der Waals surface area contributed by atoms with E-state index in [-0.39, 0.29) is 16.4 Å². The number of carbonyl (C=O) groups excluding carboxylic acids is 1. The third kappa shape index (κ3) is 6.22. The number of ether oxygens (including phenoxy) is 3. The number of nitrogens with one attached hydrogen (secondary N) is 1. The Morgan fingerprint density at radius 1 is 0.889 bits per heavy atom. The van der Waals surface area contributed by atoms with Crippen LogP contribution in [0.25, 0.3) is 0 Å². The molecule has 0 saturated carbocycles. The predicted molar refractivity (Wildman–Crippen MR) is 140 cm³/mol. The van der Waals surface area contributed by atoms with Crippen LogP contribution in [0.2, 0.25) is 10.0 Å². The van der Waals surface area contributed by atoms with Gasteiger partial charge in [-0.1, -0.05) is 41.4 Å². The van der Waals surface area contributed by atoms with Gasteiger partial charge in [0, 0.05) is 41.3 Å². The van der Waals surface area contributed by atoms with Crippen molar-refractivity contribution in [3.05, 3.63) is 75.8 Å². The third-order valence-electron chi connectivity index (χ3n) is 5.49. The van der Waals surface area contributed by atoms with Crippen LogP contribution in [0.1, 0.15) is 11.1 Å². The number of sulfonamides is 1. The lowest BCUT2D eigenvalue weighted by Crippen LogP contribution is -2.38. The first-order chi connectivity index (χ1) is 17.1. The predicted octanol–water partition coefficient (Wildman–Crippen LogP) is 4.55. The number of anilines is 1. The molecule has 0 atom stereocenters. The Kier molecular flexibility index (Phi) is 9.08. The summed E-state index contributed by atoms with van der Waals surface area (Å²) in [5.41, 5.74) is 2.20. The van der Waals surface area contributed by atoms with Gasteiger partial charge in [0.2, 0.25) is 15.9 Å². The van der Waals surface area contributed by atoms with Crippen molar-refractivity contribution in [3.63, 3.8) is 0 Å². The van der Waals surface area contributed by atoms with Gasteiger partial charge in [0.15, 0.2) is 11.5 Å². The molecule has 0 heterocycles. The summed E-state index contributed by atoms with van der Waals surface area (Å²) in [6.07, 6.45) is 0.432. The Morgan fingerprint density at radius 3 is 2.17 bits per heavy atom. The van der Waals surface area contributed by atoms with E-state index in [1.165, 1.54) is 38.4 Å². The molecule has 0 spiro atoms. The van der Waals surface area contributed by atoms with Crippen molar-refractivity contribution in [3.8, 4) is 17.2 Å². The second-order valence-corrected chi connectivity index (χ2v) is 10.3. The van der Waals surface area contributed by atoms with Crippen molar-refractivity contribution < 1.29 is 27.4 Å². The second kappa shape index (κ2) is 11.8. The molecule has 1 amide bonds. The molecule has 0 radical (unpaired) electrons. The number of methoxy groups -OCH3 is 3. The fourth-order valence-corrected chi connectivity index (χ4v) is 5.10. The number of halogens is 2. The van der Waals surface area contributed by atoms with Gasteiger partial charge in [-0.3, -0.25) is 4.79 Å². The largest absolute Gasteiger partial charge is 0.495 e. The van der Waals surface area contributed by atoms with Crippen molar-refractivity contribution in [2.75, 3.05) is 39.8 Å². The SMILES string of the molecule is COc1cc(OC)c(S(=O)(=O)NCC(=O)N(C)c2ccc(Cl)cc2Cc2ccccc2Cl)cc1OC. The minimum absolute atomic E-state index is 0.0423. The molecular formula is C25H26Cl2N2O6S. The molecule has 8 nitrogen and oxygen atoms in total. The zero-order valence-electron chi connectivity index (χ0n) is 20.2. The van der Waals surface area contributed by atoms with Crippen LogP contribution in [0, 0.1) is 0 Å².